The topological polar surface area (TPSA) is 126 Å². The first kappa shape index (κ1) is 32.3. The summed E-state index contributed by atoms with van der Waals surface area (Å²) >= 11 is 0. The standard InChI is InChI=1S/C32H48O12/c1-16-12-30-15-31(16,43-27-23(39-7)22(38-6)21(37-5)18(42-27)14-35-3)11-10-19(30)32-13-17(36-4)25(40-8)29(2,28(34)44-32)24(32)20(30)26(33)41-9/h17-25,27H,1,10-15H2,2-9H3/t17-,18+,19+,20+,21+,22-,23+,24+,25-,27-,29?,30-,31-,32+/m0/s1. The van der Waals surface area contributed by atoms with E-state index in [4.69, 9.17) is 47.4 Å². The van der Waals surface area contributed by atoms with Crippen LogP contribution in [0.1, 0.15) is 39.0 Å². The first-order valence-corrected chi connectivity index (χ1v) is 15.5. The van der Waals surface area contributed by atoms with E-state index in [2.05, 4.69) is 6.58 Å². The van der Waals surface area contributed by atoms with Gasteiger partial charge in [-0.3, -0.25) is 9.59 Å². The maximum atomic E-state index is 14.0. The normalized spacial score (nSPS) is 50.7. The molecule has 12 nitrogen and oxygen atoms in total. The number of esters is 2. The van der Waals surface area contributed by atoms with E-state index < -0.39 is 70.7 Å². The van der Waals surface area contributed by atoms with Gasteiger partial charge in [0.15, 0.2) is 6.29 Å². The Bertz CT molecular complexity index is 1160. The molecule has 6 rings (SSSR count). The fourth-order valence-electron chi connectivity index (χ4n) is 10.8. The van der Waals surface area contributed by atoms with Crippen LogP contribution in [-0.2, 0) is 57.0 Å². The molecule has 0 N–H and O–H groups in total. The summed E-state index contributed by atoms with van der Waals surface area (Å²) in [6, 6.07) is 0. The number of ether oxygens (including phenoxy) is 10. The first-order chi connectivity index (χ1) is 21.0. The molecule has 2 aliphatic heterocycles. The van der Waals surface area contributed by atoms with Crippen LogP contribution < -0.4 is 0 Å². The number of fused-ring (bicyclic) bond motifs is 1. The lowest BCUT2D eigenvalue weighted by atomic mass is 9.58. The minimum atomic E-state index is -1.10. The molecule has 44 heavy (non-hydrogen) atoms. The molecule has 6 aliphatic rings. The van der Waals surface area contributed by atoms with Crippen molar-refractivity contribution in [3.05, 3.63) is 12.2 Å². The van der Waals surface area contributed by atoms with Crippen molar-refractivity contribution in [2.45, 2.75) is 93.1 Å². The molecular weight excluding hydrogens is 576 g/mol. The molecule has 2 saturated heterocycles. The van der Waals surface area contributed by atoms with Gasteiger partial charge in [0.05, 0.1) is 37.4 Å². The second kappa shape index (κ2) is 11.3. The maximum Gasteiger partial charge on any atom is 0.315 e. The average Bonchev–Trinajstić information content (AvgIpc) is 3.44. The Kier molecular flexibility index (Phi) is 8.27. The summed E-state index contributed by atoms with van der Waals surface area (Å²) in [5.74, 6) is -1.92. The van der Waals surface area contributed by atoms with Gasteiger partial charge in [-0.1, -0.05) is 6.58 Å². The summed E-state index contributed by atoms with van der Waals surface area (Å²) in [5, 5.41) is 0. The number of carbonyl (C=O) groups excluding carboxylic acids is 2. The molecule has 1 spiro atoms. The second-order valence-corrected chi connectivity index (χ2v) is 13.7. The highest BCUT2D eigenvalue weighted by Crippen LogP contribution is 2.79. The lowest BCUT2D eigenvalue weighted by Gasteiger charge is -2.50. The van der Waals surface area contributed by atoms with E-state index >= 15 is 0 Å². The lowest BCUT2D eigenvalue weighted by molar-refractivity contribution is -0.335. The summed E-state index contributed by atoms with van der Waals surface area (Å²) in [6.07, 6.45) is -1.03. The quantitative estimate of drug-likeness (QED) is 0.261. The molecule has 248 valence electrons. The molecule has 4 bridgehead atoms. The van der Waals surface area contributed by atoms with Crippen LogP contribution in [0, 0.1) is 28.6 Å². The molecule has 4 aliphatic carbocycles. The molecule has 4 saturated carbocycles. The van der Waals surface area contributed by atoms with Crippen LogP contribution in [0.5, 0.6) is 0 Å². The minimum Gasteiger partial charge on any atom is -0.469 e. The van der Waals surface area contributed by atoms with Gasteiger partial charge in [0.1, 0.15) is 35.4 Å². The zero-order valence-electron chi connectivity index (χ0n) is 27.1. The number of hydrogen-bond acceptors (Lipinski definition) is 12. The van der Waals surface area contributed by atoms with Gasteiger partial charge >= 0.3 is 11.9 Å². The fraction of sp³-hybridized carbons (Fsp3) is 0.875. The third-order valence-electron chi connectivity index (χ3n) is 12.3. The molecule has 0 aromatic carbocycles. The Labute approximate surface area is 259 Å². The van der Waals surface area contributed by atoms with Gasteiger partial charge in [-0.15, -0.1) is 0 Å². The number of carbonyl (C=O) groups is 2. The van der Waals surface area contributed by atoms with E-state index in [-0.39, 0.29) is 30.6 Å². The Morgan fingerprint density at radius 3 is 2.27 bits per heavy atom. The van der Waals surface area contributed by atoms with Gasteiger partial charge in [-0.2, -0.15) is 0 Å². The molecule has 14 atom stereocenters. The van der Waals surface area contributed by atoms with Gasteiger partial charge in [0.25, 0.3) is 0 Å². The molecule has 12 heteroatoms. The number of rotatable bonds is 10. The molecule has 0 amide bonds. The molecular formula is C32H48O12. The summed E-state index contributed by atoms with van der Waals surface area (Å²) in [4.78, 5) is 27.8. The van der Waals surface area contributed by atoms with Gasteiger partial charge in [0.2, 0.25) is 0 Å². The van der Waals surface area contributed by atoms with Crippen LogP contribution in [0.25, 0.3) is 0 Å². The lowest BCUT2D eigenvalue weighted by Crippen LogP contribution is -2.63. The van der Waals surface area contributed by atoms with Crippen molar-refractivity contribution in [2.75, 3.05) is 56.4 Å². The maximum absolute atomic E-state index is 14.0. The SMILES string of the molecule is C=C1C[C@]23C[C@@]1(O[C@@H]1O[C@H](COC)[C@@H](OC)[C@H](OC)[C@H]1OC)CC[C@H]2[C@@]12C[C@H](OC)[C@H](OC)C(C)(C(=O)O1)[C@H]2[C@@H]3C(=O)OC. The monoisotopic (exact) mass is 624 g/mol. The van der Waals surface area contributed by atoms with E-state index in [1.807, 2.05) is 6.92 Å². The molecule has 1 unspecified atom stereocenters. The molecule has 0 radical (unpaired) electrons. The number of methoxy groups -OCH3 is 7. The van der Waals surface area contributed by atoms with Crippen molar-refractivity contribution < 1.29 is 57.0 Å². The Morgan fingerprint density at radius 1 is 0.977 bits per heavy atom. The van der Waals surface area contributed by atoms with E-state index in [0.29, 0.717) is 32.1 Å². The van der Waals surface area contributed by atoms with Gasteiger partial charge in [-0.25, -0.2) is 0 Å². The minimum absolute atomic E-state index is 0.127. The van der Waals surface area contributed by atoms with Crippen molar-refractivity contribution in [1.82, 2.24) is 0 Å². The largest absolute Gasteiger partial charge is 0.469 e. The van der Waals surface area contributed by atoms with Crippen molar-refractivity contribution in [1.29, 1.82) is 0 Å². The van der Waals surface area contributed by atoms with Crippen molar-refractivity contribution >= 4 is 11.9 Å². The highest BCUT2D eigenvalue weighted by Gasteiger charge is 2.86. The predicted molar refractivity (Wildman–Crippen MR) is 152 cm³/mol. The third-order valence-corrected chi connectivity index (χ3v) is 12.3. The highest BCUT2D eigenvalue weighted by molar-refractivity contribution is 5.86. The summed E-state index contributed by atoms with van der Waals surface area (Å²) < 4.78 is 60.3. The Hall–Kier alpha value is -1.64. The second-order valence-electron chi connectivity index (χ2n) is 13.7. The molecule has 0 aromatic heterocycles. The smallest absolute Gasteiger partial charge is 0.315 e. The van der Waals surface area contributed by atoms with Crippen LogP contribution in [0.4, 0.5) is 0 Å². The van der Waals surface area contributed by atoms with E-state index in [0.717, 1.165) is 5.57 Å². The van der Waals surface area contributed by atoms with Gasteiger partial charge in [0, 0.05) is 60.9 Å². The van der Waals surface area contributed by atoms with Gasteiger partial charge < -0.3 is 47.4 Å². The molecule has 0 aromatic rings. The third kappa shape index (κ3) is 3.98. The van der Waals surface area contributed by atoms with Gasteiger partial charge in [-0.05, 0) is 43.6 Å². The Morgan fingerprint density at radius 2 is 1.68 bits per heavy atom. The molecule has 2 heterocycles. The van der Waals surface area contributed by atoms with Crippen LogP contribution >= 0.6 is 0 Å². The first-order valence-electron chi connectivity index (χ1n) is 15.5. The number of hydrogen-bond donors (Lipinski definition) is 0. The fourth-order valence-corrected chi connectivity index (χ4v) is 10.8. The Balaban J connectivity index is 1.40. The van der Waals surface area contributed by atoms with E-state index in [9.17, 15) is 9.59 Å². The zero-order valence-corrected chi connectivity index (χ0v) is 27.1. The van der Waals surface area contributed by atoms with Crippen LogP contribution in [-0.4, -0.2) is 122 Å². The van der Waals surface area contributed by atoms with Crippen molar-refractivity contribution in [2.24, 2.45) is 28.6 Å². The predicted octanol–water partition coefficient (Wildman–Crippen LogP) is 2.06. The summed E-state index contributed by atoms with van der Waals surface area (Å²) in [7, 11) is 11.0. The zero-order chi connectivity index (χ0) is 31.8. The van der Waals surface area contributed by atoms with E-state index in [1.165, 1.54) is 7.11 Å². The highest BCUT2D eigenvalue weighted by atomic mass is 16.7. The van der Waals surface area contributed by atoms with Crippen molar-refractivity contribution in [3.63, 3.8) is 0 Å². The molecule has 6 fully saturated rings. The van der Waals surface area contributed by atoms with Crippen LogP contribution in [0.2, 0.25) is 0 Å². The van der Waals surface area contributed by atoms with Crippen LogP contribution in [0.15, 0.2) is 12.2 Å². The van der Waals surface area contributed by atoms with Crippen LogP contribution in [0.3, 0.4) is 0 Å². The average molecular weight is 625 g/mol. The summed E-state index contributed by atoms with van der Waals surface area (Å²) in [6.45, 7) is 6.68. The summed E-state index contributed by atoms with van der Waals surface area (Å²) in [5.41, 5.74) is -2.55. The van der Waals surface area contributed by atoms with Crippen molar-refractivity contribution in [3.8, 4) is 0 Å². The van der Waals surface area contributed by atoms with E-state index in [1.54, 1.807) is 42.7 Å².